The third-order valence-corrected chi connectivity index (χ3v) is 4.31. The summed E-state index contributed by atoms with van der Waals surface area (Å²) in [5.41, 5.74) is 1.13. The van der Waals surface area contributed by atoms with Gasteiger partial charge in [0.25, 0.3) is 5.91 Å². The summed E-state index contributed by atoms with van der Waals surface area (Å²) in [5, 5.41) is 3.39. The van der Waals surface area contributed by atoms with Gasteiger partial charge in [-0.3, -0.25) is 9.59 Å². The topological polar surface area (TPSA) is 61.9 Å². The second-order valence-corrected chi connectivity index (χ2v) is 6.24. The van der Waals surface area contributed by atoms with Gasteiger partial charge < -0.3 is 19.9 Å². The van der Waals surface area contributed by atoms with Crippen LogP contribution in [0.15, 0.2) is 43.5 Å². The van der Waals surface area contributed by atoms with Crippen LogP contribution < -0.4 is 5.32 Å². The normalized spacial score (nSPS) is 13.8. The minimum absolute atomic E-state index is 0.0746. The molecule has 7 heteroatoms. The van der Waals surface area contributed by atoms with Crippen molar-refractivity contribution < 1.29 is 14.3 Å². The molecular weight excluding hydrogens is 354 g/mol. The Kier molecular flexibility index (Phi) is 7.69. The van der Waals surface area contributed by atoms with Crippen LogP contribution in [0.1, 0.15) is 10.4 Å². The number of carbonyl (C=O) groups is 2. The molecule has 1 heterocycles. The van der Waals surface area contributed by atoms with Crippen molar-refractivity contribution in [1.29, 1.82) is 0 Å². The van der Waals surface area contributed by atoms with Gasteiger partial charge in [-0.1, -0.05) is 23.8 Å². The zero-order chi connectivity index (χ0) is 18.9. The number of hydrogen-bond acceptors (Lipinski definition) is 4. The van der Waals surface area contributed by atoms with E-state index in [1.807, 2.05) is 0 Å². The average molecular weight is 378 g/mol. The first-order valence-corrected chi connectivity index (χ1v) is 8.84. The molecule has 0 unspecified atom stereocenters. The third-order valence-electron chi connectivity index (χ3n) is 3.99. The largest absolute Gasteiger partial charge is 0.378 e. The Morgan fingerprint density at radius 3 is 2.46 bits per heavy atom. The van der Waals surface area contributed by atoms with Gasteiger partial charge in [-0.2, -0.15) is 0 Å². The predicted molar refractivity (Wildman–Crippen MR) is 104 cm³/mol. The molecule has 0 atom stereocenters. The van der Waals surface area contributed by atoms with E-state index in [1.54, 1.807) is 40.2 Å². The third kappa shape index (κ3) is 5.34. The average Bonchev–Trinajstić information content (AvgIpc) is 2.66. The summed E-state index contributed by atoms with van der Waals surface area (Å²) >= 11 is 6.28. The zero-order valence-electron chi connectivity index (χ0n) is 14.7. The number of nitrogens with zero attached hydrogens (tertiary/aromatic N) is 2. The van der Waals surface area contributed by atoms with Crippen LogP contribution in [0.5, 0.6) is 0 Å². The Bertz CT molecular complexity index is 662. The van der Waals surface area contributed by atoms with Gasteiger partial charge in [0.15, 0.2) is 0 Å². The molecule has 1 aromatic carbocycles. The molecule has 1 aliphatic heterocycles. The number of anilines is 1. The maximum absolute atomic E-state index is 12.5. The van der Waals surface area contributed by atoms with Crippen molar-refractivity contribution in [2.75, 3.05) is 51.3 Å². The van der Waals surface area contributed by atoms with Crippen LogP contribution in [0.4, 0.5) is 5.69 Å². The van der Waals surface area contributed by atoms with Crippen molar-refractivity contribution in [1.82, 2.24) is 9.80 Å². The molecule has 2 rings (SSSR count). The lowest BCUT2D eigenvalue weighted by Crippen LogP contribution is -2.40. The van der Waals surface area contributed by atoms with Crippen molar-refractivity contribution in [2.24, 2.45) is 0 Å². The lowest BCUT2D eigenvalue weighted by atomic mass is 10.1. The van der Waals surface area contributed by atoms with Gasteiger partial charge in [-0.05, 0) is 18.2 Å². The van der Waals surface area contributed by atoms with Crippen LogP contribution in [0.3, 0.4) is 0 Å². The van der Waals surface area contributed by atoms with Crippen molar-refractivity contribution >= 4 is 29.1 Å². The number of rotatable bonds is 8. The second kappa shape index (κ2) is 9.99. The number of nitrogens with one attached hydrogen (secondary N) is 1. The number of hydrogen-bond donors (Lipinski definition) is 1. The Morgan fingerprint density at radius 1 is 1.23 bits per heavy atom. The molecule has 0 saturated carbocycles. The maximum atomic E-state index is 12.5. The van der Waals surface area contributed by atoms with Crippen molar-refractivity contribution in [3.63, 3.8) is 0 Å². The molecular formula is C19H24ClN3O3. The highest BCUT2D eigenvalue weighted by Crippen LogP contribution is 2.23. The lowest BCUT2D eigenvalue weighted by molar-refractivity contribution is -0.128. The number of benzene rings is 1. The Balaban J connectivity index is 1.98. The summed E-state index contributed by atoms with van der Waals surface area (Å²) < 4.78 is 5.26. The lowest BCUT2D eigenvalue weighted by Gasteiger charge is -2.27. The molecule has 0 radical (unpaired) electrons. The molecule has 140 valence electrons. The highest BCUT2D eigenvalue weighted by Gasteiger charge is 2.21. The van der Waals surface area contributed by atoms with Gasteiger partial charge in [0.1, 0.15) is 0 Å². The molecule has 1 saturated heterocycles. The molecule has 0 aliphatic carbocycles. The Morgan fingerprint density at radius 2 is 1.88 bits per heavy atom. The van der Waals surface area contributed by atoms with E-state index in [9.17, 15) is 9.59 Å². The van der Waals surface area contributed by atoms with Crippen LogP contribution in [-0.2, 0) is 9.53 Å². The van der Waals surface area contributed by atoms with E-state index in [0.29, 0.717) is 55.7 Å². The van der Waals surface area contributed by atoms with Crippen molar-refractivity contribution in [3.05, 3.63) is 54.1 Å². The standard InChI is InChI=1S/C19H24ClN3O3/c1-3-7-22(8-4-2)18(24)14-21-15-5-6-16(17(20)13-15)19(25)23-9-11-26-12-10-23/h3-6,13,21H,1-2,7-12,14H2. The number of morpholine rings is 1. The van der Waals surface area contributed by atoms with Gasteiger partial charge in [-0.25, -0.2) is 0 Å². The van der Waals surface area contributed by atoms with E-state index in [-0.39, 0.29) is 18.4 Å². The van der Waals surface area contributed by atoms with Gasteiger partial charge in [0.05, 0.1) is 30.3 Å². The smallest absolute Gasteiger partial charge is 0.255 e. The maximum Gasteiger partial charge on any atom is 0.255 e. The summed E-state index contributed by atoms with van der Waals surface area (Å²) in [5.74, 6) is -0.182. The van der Waals surface area contributed by atoms with E-state index < -0.39 is 0 Å². The molecule has 1 fully saturated rings. The molecule has 1 aliphatic rings. The zero-order valence-corrected chi connectivity index (χ0v) is 15.5. The van der Waals surface area contributed by atoms with Crippen molar-refractivity contribution in [2.45, 2.75) is 0 Å². The quantitative estimate of drug-likeness (QED) is 0.707. The number of amides is 2. The van der Waals surface area contributed by atoms with E-state index in [2.05, 4.69) is 18.5 Å². The summed E-state index contributed by atoms with van der Waals surface area (Å²) in [6.07, 6.45) is 3.34. The second-order valence-electron chi connectivity index (χ2n) is 5.83. The van der Waals surface area contributed by atoms with E-state index >= 15 is 0 Å². The summed E-state index contributed by atoms with van der Waals surface area (Å²) in [6, 6.07) is 5.09. The highest BCUT2D eigenvalue weighted by molar-refractivity contribution is 6.34. The van der Waals surface area contributed by atoms with Crippen LogP contribution in [0.25, 0.3) is 0 Å². The van der Waals surface area contributed by atoms with Crippen LogP contribution in [-0.4, -0.2) is 67.6 Å². The van der Waals surface area contributed by atoms with E-state index in [1.165, 1.54) is 0 Å². The SMILES string of the molecule is C=CCN(CC=C)C(=O)CNc1ccc(C(=O)N2CCOCC2)c(Cl)c1. The monoisotopic (exact) mass is 377 g/mol. The van der Waals surface area contributed by atoms with Gasteiger partial charge in [-0.15, -0.1) is 13.2 Å². The summed E-state index contributed by atoms with van der Waals surface area (Å²) in [6.45, 7) is 10.5. The highest BCUT2D eigenvalue weighted by atomic mass is 35.5. The van der Waals surface area contributed by atoms with Gasteiger partial charge >= 0.3 is 0 Å². The fraction of sp³-hybridized carbons (Fsp3) is 0.368. The van der Waals surface area contributed by atoms with Crippen molar-refractivity contribution in [3.8, 4) is 0 Å². The predicted octanol–water partition coefficient (Wildman–Crippen LogP) is 2.42. The van der Waals surface area contributed by atoms with E-state index in [4.69, 9.17) is 16.3 Å². The number of halogens is 1. The van der Waals surface area contributed by atoms with Crippen LogP contribution >= 0.6 is 11.6 Å². The summed E-state index contributed by atoms with van der Waals surface area (Å²) in [7, 11) is 0. The molecule has 1 aromatic rings. The molecule has 2 amide bonds. The van der Waals surface area contributed by atoms with Crippen LogP contribution in [0.2, 0.25) is 5.02 Å². The van der Waals surface area contributed by atoms with Gasteiger partial charge in [0.2, 0.25) is 5.91 Å². The molecule has 0 spiro atoms. The molecule has 0 bridgehead atoms. The number of ether oxygens (including phenoxy) is 1. The molecule has 0 aromatic heterocycles. The first kappa shape index (κ1) is 20.0. The minimum atomic E-state index is -0.107. The fourth-order valence-electron chi connectivity index (χ4n) is 2.61. The molecule has 26 heavy (non-hydrogen) atoms. The fourth-order valence-corrected chi connectivity index (χ4v) is 2.88. The molecule has 6 nitrogen and oxygen atoms in total. The number of carbonyl (C=O) groups excluding carboxylic acids is 2. The minimum Gasteiger partial charge on any atom is -0.378 e. The Hall–Kier alpha value is -2.31. The van der Waals surface area contributed by atoms with E-state index in [0.717, 1.165) is 0 Å². The first-order chi connectivity index (χ1) is 12.6. The first-order valence-electron chi connectivity index (χ1n) is 8.46. The van der Waals surface area contributed by atoms with Gasteiger partial charge in [0, 0.05) is 31.9 Å². The Labute approximate surface area is 159 Å². The molecule has 1 N–H and O–H groups in total. The van der Waals surface area contributed by atoms with Crippen LogP contribution in [0, 0.1) is 0 Å². The summed E-state index contributed by atoms with van der Waals surface area (Å²) in [4.78, 5) is 28.1.